The summed E-state index contributed by atoms with van der Waals surface area (Å²) in [6.45, 7) is 2.89. The lowest BCUT2D eigenvalue weighted by molar-refractivity contribution is -0.121. The number of pyridine rings is 1. The summed E-state index contributed by atoms with van der Waals surface area (Å²) in [4.78, 5) is 16.3. The fourth-order valence-corrected chi connectivity index (χ4v) is 2.75. The molecule has 1 atom stereocenters. The molecule has 2 heterocycles. The Morgan fingerprint density at radius 2 is 2.07 bits per heavy atom. The molecule has 0 bridgehead atoms. The third-order valence-corrected chi connectivity index (χ3v) is 4.54. The van der Waals surface area contributed by atoms with Crippen molar-refractivity contribution in [2.24, 2.45) is 0 Å². The van der Waals surface area contributed by atoms with Gasteiger partial charge in [0.1, 0.15) is 12.4 Å². The third-order valence-electron chi connectivity index (χ3n) is 4.54. The average Bonchev–Trinajstić information content (AvgIpc) is 3.30. The second kappa shape index (κ2) is 10.4. The topological polar surface area (TPSA) is 89.1 Å². The van der Waals surface area contributed by atoms with Crippen molar-refractivity contribution in [1.82, 2.24) is 20.5 Å². The molecule has 0 saturated heterocycles. The number of aryl methyl sites for hydroxylation is 1. The maximum absolute atomic E-state index is 11.9. The Kier molecular flexibility index (Phi) is 7.35. The summed E-state index contributed by atoms with van der Waals surface area (Å²) in [5.74, 6) is 0.726. The van der Waals surface area contributed by atoms with E-state index in [1.165, 1.54) is 0 Å². The van der Waals surface area contributed by atoms with Crippen LogP contribution < -0.4 is 10.1 Å². The molecule has 0 unspecified atom stereocenters. The summed E-state index contributed by atoms with van der Waals surface area (Å²) in [6, 6.07) is 13.7. The van der Waals surface area contributed by atoms with Gasteiger partial charge in [-0.1, -0.05) is 24.3 Å². The fourth-order valence-electron chi connectivity index (χ4n) is 2.75. The Morgan fingerprint density at radius 1 is 1.21 bits per heavy atom. The highest BCUT2D eigenvalue weighted by Crippen LogP contribution is 2.18. The molecule has 0 aliphatic rings. The average molecular weight is 394 g/mol. The van der Waals surface area contributed by atoms with E-state index in [4.69, 9.17) is 9.47 Å². The van der Waals surface area contributed by atoms with Gasteiger partial charge >= 0.3 is 0 Å². The maximum Gasteiger partial charge on any atom is 0.220 e. The van der Waals surface area contributed by atoms with Crippen LogP contribution in [0.4, 0.5) is 0 Å². The number of nitrogens with one attached hydrogen (secondary N) is 2. The molecule has 2 aromatic heterocycles. The molecular weight excluding hydrogens is 368 g/mol. The zero-order chi connectivity index (χ0) is 20.5. The molecule has 152 valence electrons. The molecule has 2 N–H and O–H groups in total. The van der Waals surface area contributed by atoms with Crippen LogP contribution in [0.3, 0.4) is 0 Å². The number of hydrogen-bond donors (Lipinski definition) is 2. The van der Waals surface area contributed by atoms with Gasteiger partial charge in [-0.2, -0.15) is 5.10 Å². The number of ether oxygens (including phenoxy) is 2. The monoisotopic (exact) mass is 394 g/mol. The zero-order valence-corrected chi connectivity index (χ0v) is 16.7. The van der Waals surface area contributed by atoms with Gasteiger partial charge in [0.25, 0.3) is 0 Å². The van der Waals surface area contributed by atoms with Gasteiger partial charge in [0.05, 0.1) is 23.7 Å². The fraction of sp³-hybridized carbons (Fsp3) is 0.318. The molecule has 0 spiro atoms. The minimum absolute atomic E-state index is 0.0162. The molecular formula is C22H26N4O3. The van der Waals surface area contributed by atoms with E-state index in [9.17, 15) is 4.79 Å². The van der Waals surface area contributed by atoms with Crippen LogP contribution in [0.5, 0.6) is 5.75 Å². The molecule has 3 aromatic rings. The highest BCUT2D eigenvalue weighted by atomic mass is 16.5. The molecule has 0 radical (unpaired) electrons. The number of carbonyl (C=O) groups is 1. The Bertz CT molecular complexity index is 895. The number of carbonyl (C=O) groups excluding carboxylic acids is 1. The van der Waals surface area contributed by atoms with Gasteiger partial charge in [0.15, 0.2) is 0 Å². The van der Waals surface area contributed by atoms with Crippen molar-refractivity contribution in [3.63, 3.8) is 0 Å². The first-order chi connectivity index (χ1) is 14.1. The number of H-pyrrole nitrogens is 1. The highest BCUT2D eigenvalue weighted by molar-refractivity contribution is 5.76. The SMILES string of the molecule is CO[C@H](C)CNC(=O)CCc1cccc(COc2ccc(-c3ccn[nH]3)nc2)c1. The van der Waals surface area contributed by atoms with Crippen LogP contribution in [0.1, 0.15) is 24.5 Å². The van der Waals surface area contributed by atoms with Crippen LogP contribution in [0, 0.1) is 0 Å². The number of aromatic amines is 1. The van der Waals surface area contributed by atoms with Gasteiger partial charge in [0, 0.05) is 26.3 Å². The van der Waals surface area contributed by atoms with Crippen molar-refractivity contribution in [3.05, 3.63) is 66.0 Å². The van der Waals surface area contributed by atoms with Gasteiger partial charge in [-0.15, -0.1) is 0 Å². The van der Waals surface area contributed by atoms with Gasteiger partial charge in [-0.3, -0.25) is 14.9 Å². The summed E-state index contributed by atoms with van der Waals surface area (Å²) in [5.41, 5.74) is 3.84. The van der Waals surface area contributed by atoms with Crippen molar-refractivity contribution in [1.29, 1.82) is 0 Å². The Labute approximate surface area is 170 Å². The Morgan fingerprint density at radius 3 is 2.79 bits per heavy atom. The minimum Gasteiger partial charge on any atom is -0.487 e. The number of aromatic nitrogens is 3. The molecule has 3 rings (SSSR count). The normalized spacial score (nSPS) is 11.8. The van der Waals surface area contributed by atoms with E-state index >= 15 is 0 Å². The molecule has 7 nitrogen and oxygen atoms in total. The van der Waals surface area contributed by atoms with Crippen LogP contribution in [-0.4, -0.2) is 40.8 Å². The van der Waals surface area contributed by atoms with Crippen LogP contribution in [0.15, 0.2) is 54.9 Å². The highest BCUT2D eigenvalue weighted by Gasteiger charge is 2.06. The maximum atomic E-state index is 11.9. The van der Waals surface area contributed by atoms with E-state index in [-0.39, 0.29) is 12.0 Å². The number of methoxy groups -OCH3 is 1. The van der Waals surface area contributed by atoms with Crippen LogP contribution in [0.2, 0.25) is 0 Å². The lowest BCUT2D eigenvalue weighted by Crippen LogP contribution is -2.31. The molecule has 0 saturated carbocycles. The number of amides is 1. The van der Waals surface area contributed by atoms with E-state index in [2.05, 4.69) is 26.6 Å². The van der Waals surface area contributed by atoms with Crippen LogP contribution in [-0.2, 0) is 22.6 Å². The molecule has 0 fully saturated rings. The largest absolute Gasteiger partial charge is 0.487 e. The number of nitrogens with zero attached hydrogens (tertiary/aromatic N) is 2. The van der Waals surface area contributed by atoms with E-state index in [1.807, 2.05) is 43.3 Å². The van der Waals surface area contributed by atoms with Crippen LogP contribution >= 0.6 is 0 Å². The summed E-state index contributed by atoms with van der Waals surface area (Å²) < 4.78 is 11.0. The first-order valence-electron chi connectivity index (χ1n) is 9.60. The standard InChI is InChI=1S/C22H26N4O3/c1-16(28-2)13-24-22(27)9-6-17-4-3-5-18(12-17)15-29-19-7-8-20(23-14-19)21-10-11-25-26-21/h3-5,7-8,10-12,14,16H,6,9,13,15H2,1-2H3,(H,24,27)(H,25,26)/t16-/m1/s1. The van der Waals surface area contributed by atoms with Gasteiger partial charge in [-0.05, 0) is 42.7 Å². The van der Waals surface area contributed by atoms with Gasteiger partial charge in [0.2, 0.25) is 5.91 Å². The van der Waals surface area contributed by atoms with Crippen molar-refractivity contribution in [2.75, 3.05) is 13.7 Å². The van der Waals surface area contributed by atoms with Crippen molar-refractivity contribution < 1.29 is 14.3 Å². The lowest BCUT2D eigenvalue weighted by atomic mass is 10.1. The van der Waals surface area contributed by atoms with Gasteiger partial charge < -0.3 is 14.8 Å². The number of rotatable bonds is 10. The van der Waals surface area contributed by atoms with Gasteiger partial charge in [-0.25, -0.2) is 0 Å². The summed E-state index contributed by atoms with van der Waals surface area (Å²) in [6.07, 6.45) is 4.53. The quantitative estimate of drug-likeness (QED) is 0.551. The van der Waals surface area contributed by atoms with E-state index in [0.717, 1.165) is 22.5 Å². The van der Waals surface area contributed by atoms with E-state index in [0.29, 0.717) is 31.7 Å². The van der Waals surface area contributed by atoms with Crippen molar-refractivity contribution >= 4 is 5.91 Å². The molecule has 1 amide bonds. The number of hydrogen-bond acceptors (Lipinski definition) is 5. The summed E-state index contributed by atoms with van der Waals surface area (Å²) in [7, 11) is 1.63. The Hall–Kier alpha value is -3.19. The summed E-state index contributed by atoms with van der Waals surface area (Å²) in [5, 5.41) is 9.69. The Balaban J connectivity index is 1.47. The summed E-state index contributed by atoms with van der Waals surface area (Å²) >= 11 is 0. The van der Waals surface area contributed by atoms with Crippen molar-refractivity contribution in [2.45, 2.75) is 32.5 Å². The lowest BCUT2D eigenvalue weighted by Gasteiger charge is -2.11. The molecule has 0 aliphatic carbocycles. The number of benzene rings is 1. The zero-order valence-electron chi connectivity index (χ0n) is 16.7. The minimum atomic E-state index is 0.0162. The van der Waals surface area contributed by atoms with E-state index < -0.39 is 0 Å². The van der Waals surface area contributed by atoms with Crippen molar-refractivity contribution in [3.8, 4) is 17.1 Å². The van der Waals surface area contributed by atoms with Crippen LogP contribution in [0.25, 0.3) is 11.4 Å². The first-order valence-corrected chi connectivity index (χ1v) is 9.60. The second-order valence-electron chi connectivity index (χ2n) is 6.81. The molecule has 7 heteroatoms. The predicted octanol–water partition coefficient (Wildman–Crippen LogP) is 3.13. The molecule has 29 heavy (non-hydrogen) atoms. The first kappa shape index (κ1) is 20.5. The smallest absolute Gasteiger partial charge is 0.220 e. The predicted molar refractivity (Wildman–Crippen MR) is 110 cm³/mol. The molecule has 1 aromatic carbocycles. The molecule has 0 aliphatic heterocycles. The third kappa shape index (κ3) is 6.43. The van der Waals surface area contributed by atoms with E-state index in [1.54, 1.807) is 19.5 Å². The second-order valence-corrected chi connectivity index (χ2v) is 6.81.